The van der Waals surface area contributed by atoms with Crippen molar-refractivity contribution in [1.29, 1.82) is 0 Å². The fourth-order valence-corrected chi connectivity index (χ4v) is 4.12. The van der Waals surface area contributed by atoms with Crippen molar-refractivity contribution in [1.82, 2.24) is 4.98 Å². The van der Waals surface area contributed by atoms with Crippen LogP contribution in [0, 0.1) is 0 Å². The van der Waals surface area contributed by atoms with Crippen molar-refractivity contribution >= 4 is 44.3 Å². The van der Waals surface area contributed by atoms with Gasteiger partial charge in [0.15, 0.2) is 6.04 Å². The van der Waals surface area contributed by atoms with Crippen LogP contribution in [0.3, 0.4) is 0 Å². The van der Waals surface area contributed by atoms with Gasteiger partial charge in [0.1, 0.15) is 10.1 Å². The van der Waals surface area contributed by atoms with Crippen molar-refractivity contribution in [3.05, 3.63) is 28.8 Å². The number of hydrogen-bond acceptors (Lipinski definition) is 5. The summed E-state index contributed by atoms with van der Waals surface area (Å²) in [6, 6.07) is 5.66. The minimum Gasteiger partial charge on any atom is -0.480 e. The van der Waals surface area contributed by atoms with Gasteiger partial charge in [-0.2, -0.15) is 0 Å². The zero-order chi connectivity index (χ0) is 14.3. The van der Waals surface area contributed by atoms with Gasteiger partial charge in [-0.1, -0.05) is 19.9 Å². The first-order chi connectivity index (χ1) is 9.54. The minimum absolute atomic E-state index is 0.486. The van der Waals surface area contributed by atoms with Crippen LogP contribution in [0.5, 0.6) is 0 Å². The van der Waals surface area contributed by atoms with Gasteiger partial charge in [-0.3, -0.25) is 4.99 Å². The first kappa shape index (κ1) is 13.6. The summed E-state index contributed by atoms with van der Waals surface area (Å²) in [5.41, 5.74) is 2.24. The van der Waals surface area contributed by atoms with Crippen LogP contribution >= 0.6 is 23.1 Å². The normalized spacial score (nSPS) is 18.8. The Morgan fingerprint density at radius 1 is 1.45 bits per heavy atom. The highest BCUT2D eigenvalue weighted by molar-refractivity contribution is 8.15. The van der Waals surface area contributed by atoms with E-state index in [4.69, 9.17) is 5.11 Å². The predicted molar refractivity (Wildman–Crippen MR) is 84.1 cm³/mol. The third kappa shape index (κ3) is 2.45. The van der Waals surface area contributed by atoms with Gasteiger partial charge in [-0.25, -0.2) is 9.78 Å². The lowest BCUT2D eigenvalue weighted by Crippen LogP contribution is -2.17. The molecule has 4 nitrogen and oxygen atoms in total. The van der Waals surface area contributed by atoms with E-state index in [1.54, 1.807) is 11.3 Å². The molecular formula is C14H14N2O2S2. The molecule has 0 saturated heterocycles. The average molecular weight is 306 g/mol. The highest BCUT2D eigenvalue weighted by Crippen LogP contribution is 2.31. The molecule has 1 aliphatic heterocycles. The Labute approximate surface area is 124 Å². The summed E-state index contributed by atoms with van der Waals surface area (Å²) in [7, 11) is 0. The number of thioether (sulfide) groups is 1. The molecule has 6 heteroatoms. The summed E-state index contributed by atoms with van der Waals surface area (Å²) in [5, 5.41) is 10.6. The van der Waals surface area contributed by atoms with Gasteiger partial charge in [0.05, 0.1) is 10.2 Å². The molecule has 104 valence electrons. The van der Waals surface area contributed by atoms with E-state index in [1.165, 1.54) is 17.3 Å². The number of carboxylic acids is 1. The van der Waals surface area contributed by atoms with Gasteiger partial charge in [0.25, 0.3) is 0 Å². The number of aliphatic carboxylic acids is 1. The molecule has 0 aliphatic carbocycles. The van der Waals surface area contributed by atoms with Crippen molar-refractivity contribution in [2.75, 3.05) is 5.75 Å². The molecule has 1 unspecified atom stereocenters. The van der Waals surface area contributed by atoms with Crippen molar-refractivity contribution in [2.24, 2.45) is 4.99 Å². The van der Waals surface area contributed by atoms with E-state index >= 15 is 0 Å². The topological polar surface area (TPSA) is 62.5 Å². The molecule has 20 heavy (non-hydrogen) atoms. The van der Waals surface area contributed by atoms with Gasteiger partial charge in [-0.15, -0.1) is 23.1 Å². The highest BCUT2D eigenvalue weighted by atomic mass is 32.2. The summed E-state index contributed by atoms with van der Waals surface area (Å²) >= 11 is 3.06. The maximum atomic E-state index is 10.9. The summed E-state index contributed by atoms with van der Waals surface area (Å²) in [6.45, 7) is 4.33. The number of fused-ring (bicyclic) bond motifs is 1. The highest BCUT2D eigenvalue weighted by Gasteiger charge is 2.26. The van der Waals surface area contributed by atoms with E-state index in [0.29, 0.717) is 11.7 Å². The van der Waals surface area contributed by atoms with Gasteiger partial charge in [0, 0.05) is 5.75 Å². The number of carboxylic acid groups (broad SMARTS) is 1. The molecule has 3 rings (SSSR count). The Kier molecular flexibility index (Phi) is 3.52. The van der Waals surface area contributed by atoms with Crippen LogP contribution in [0.1, 0.15) is 30.3 Å². The zero-order valence-electron chi connectivity index (χ0n) is 11.2. The number of aliphatic imine (C=N–C) groups is 1. The smallest absolute Gasteiger partial charge is 0.329 e. The van der Waals surface area contributed by atoms with Crippen molar-refractivity contribution < 1.29 is 9.90 Å². The van der Waals surface area contributed by atoms with Crippen molar-refractivity contribution in [2.45, 2.75) is 25.8 Å². The zero-order valence-corrected chi connectivity index (χ0v) is 12.8. The van der Waals surface area contributed by atoms with Gasteiger partial charge < -0.3 is 5.11 Å². The minimum atomic E-state index is -0.865. The molecule has 0 saturated carbocycles. The van der Waals surface area contributed by atoms with Crippen LogP contribution in [-0.4, -0.2) is 32.9 Å². The largest absolute Gasteiger partial charge is 0.480 e. The second kappa shape index (κ2) is 5.18. The van der Waals surface area contributed by atoms with Gasteiger partial charge >= 0.3 is 5.97 Å². The molecule has 1 aromatic heterocycles. The number of aromatic nitrogens is 1. The molecule has 1 aliphatic rings. The third-order valence-corrected chi connectivity index (χ3v) is 5.41. The second-order valence-corrected chi connectivity index (χ2v) is 7.04. The van der Waals surface area contributed by atoms with Crippen LogP contribution in [0.15, 0.2) is 23.2 Å². The average Bonchev–Trinajstić information content (AvgIpc) is 3.04. The maximum absolute atomic E-state index is 10.9. The van der Waals surface area contributed by atoms with Gasteiger partial charge in [-0.05, 0) is 23.6 Å². The van der Waals surface area contributed by atoms with E-state index in [1.807, 2.05) is 6.07 Å². The molecule has 0 amide bonds. The monoisotopic (exact) mass is 306 g/mol. The number of carbonyl (C=O) groups is 1. The summed E-state index contributed by atoms with van der Waals surface area (Å²) in [4.78, 5) is 19.7. The van der Waals surface area contributed by atoms with E-state index in [-0.39, 0.29) is 0 Å². The lowest BCUT2D eigenvalue weighted by Gasteiger charge is -2.03. The van der Waals surface area contributed by atoms with Crippen molar-refractivity contribution in [3.8, 4) is 0 Å². The molecule has 0 fully saturated rings. The van der Waals surface area contributed by atoms with E-state index in [0.717, 1.165) is 20.3 Å². The molecule has 2 aromatic rings. The van der Waals surface area contributed by atoms with E-state index in [9.17, 15) is 4.79 Å². The lowest BCUT2D eigenvalue weighted by atomic mass is 10.0. The van der Waals surface area contributed by atoms with Crippen molar-refractivity contribution in [3.63, 3.8) is 0 Å². The summed E-state index contributed by atoms with van der Waals surface area (Å²) in [6.07, 6.45) is 0. The fourth-order valence-electron chi connectivity index (χ4n) is 2.01. The third-order valence-electron chi connectivity index (χ3n) is 3.20. The maximum Gasteiger partial charge on any atom is 0.329 e. The van der Waals surface area contributed by atoms with Crippen LogP contribution in [0.2, 0.25) is 0 Å². The van der Waals surface area contributed by atoms with Crippen LogP contribution in [0.25, 0.3) is 10.2 Å². The molecule has 0 radical (unpaired) electrons. The van der Waals surface area contributed by atoms with Gasteiger partial charge in [0.2, 0.25) is 0 Å². The Balaban J connectivity index is 1.97. The fraction of sp³-hybridized carbons (Fsp3) is 0.357. The molecule has 1 atom stereocenters. The number of hydrogen-bond donors (Lipinski definition) is 1. The summed E-state index contributed by atoms with van der Waals surface area (Å²) in [5.74, 6) is 0.118. The Morgan fingerprint density at radius 3 is 2.90 bits per heavy atom. The Hall–Kier alpha value is -1.40. The quantitative estimate of drug-likeness (QED) is 0.944. The molecular weight excluding hydrogens is 292 g/mol. The first-order valence-electron chi connectivity index (χ1n) is 6.39. The standard InChI is InChI=1S/C14H14N2O2S2/c1-7(2)8-3-4-9-11(5-8)20-13(15-9)12-16-10(6-19-12)14(17)18/h3-5,7,10H,6H2,1-2H3,(H,17,18). The number of rotatable bonds is 3. The number of nitrogens with zero attached hydrogens (tertiary/aromatic N) is 2. The molecule has 1 N–H and O–H groups in total. The number of thiazole rings is 1. The second-order valence-electron chi connectivity index (χ2n) is 5.00. The molecule has 0 bridgehead atoms. The SMILES string of the molecule is CC(C)c1ccc2nc(C3=NC(C(=O)O)CS3)sc2c1. The predicted octanol–water partition coefficient (Wildman–Crippen LogP) is 3.37. The van der Waals surface area contributed by atoms with Crippen LogP contribution in [0.4, 0.5) is 0 Å². The van der Waals surface area contributed by atoms with Crippen LogP contribution < -0.4 is 0 Å². The Morgan fingerprint density at radius 2 is 2.25 bits per heavy atom. The summed E-state index contributed by atoms with van der Waals surface area (Å²) < 4.78 is 1.13. The first-order valence-corrected chi connectivity index (χ1v) is 8.19. The molecule has 2 heterocycles. The van der Waals surface area contributed by atoms with E-state index < -0.39 is 12.0 Å². The lowest BCUT2D eigenvalue weighted by molar-refractivity contribution is -0.137. The van der Waals surface area contributed by atoms with Crippen LogP contribution in [-0.2, 0) is 4.79 Å². The number of benzene rings is 1. The Bertz CT molecular complexity index is 706. The molecule has 0 spiro atoms. The molecule has 1 aromatic carbocycles. The van der Waals surface area contributed by atoms with E-state index in [2.05, 4.69) is 36.0 Å².